The fourth-order valence-corrected chi connectivity index (χ4v) is 4.03. The van der Waals surface area contributed by atoms with Crippen LogP contribution in [0.2, 0.25) is 0 Å². The Kier molecular flexibility index (Phi) is 5.34. The largest absolute Gasteiger partial charge is 0.260 e. The van der Waals surface area contributed by atoms with Gasteiger partial charge in [-0.2, -0.15) is 5.10 Å². The van der Waals surface area contributed by atoms with Crippen molar-refractivity contribution in [3.05, 3.63) is 99.6 Å². The van der Waals surface area contributed by atoms with E-state index in [1.54, 1.807) is 0 Å². The number of hydrogen-bond acceptors (Lipinski definition) is 1. The molecule has 0 saturated heterocycles. The van der Waals surface area contributed by atoms with Crippen LogP contribution in [0.4, 0.5) is 0 Å². The van der Waals surface area contributed by atoms with Crippen LogP contribution in [0.25, 0.3) is 22.5 Å². The van der Waals surface area contributed by atoms with E-state index in [-0.39, 0.29) is 0 Å². The average molecular weight is 395 g/mol. The normalized spacial score (nSPS) is 11.1. The molecular formula is C28H30N2. The van der Waals surface area contributed by atoms with Crippen molar-refractivity contribution >= 4 is 0 Å². The number of hydrogen-bond donors (Lipinski definition) is 0. The van der Waals surface area contributed by atoms with Gasteiger partial charge in [0.2, 0.25) is 0 Å². The summed E-state index contributed by atoms with van der Waals surface area (Å²) in [5.41, 5.74) is 13.7. The molecule has 30 heavy (non-hydrogen) atoms. The predicted molar refractivity (Wildman–Crippen MR) is 127 cm³/mol. The minimum atomic E-state index is 0.764. The van der Waals surface area contributed by atoms with E-state index in [9.17, 15) is 0 Å². The second kappa shape index (κ2) is 7.95. The fraction of sp³-hybridized carbons (Fsp3) is 0.250. The SMILES string of the molecule is Cc1ccc(-c2nn(Cc3ccccc3C)c(-c3ccc(C)c(C)c3)c2C)cc1C. The van der Waals surface area contributed by atoms with Crippen LogP contribution >= 0.6 is 0 Å². The summed E-state index contributed by atoms with van der Waals surface area (Å²) < 4.78 is 2.19. The molecule has 0 amide bonds. The van der Waals surface area contributed by atoms with Crippen molar-refractivity contribution in [1.29, 1.82) is 0 Å². The molecule has 2 nitrogen and oxygen atoms in total. The summed E-state index contributed by atoms with van der Waals surface area (Å²) in [5.74, 6) is 0. The van der Waals surface area contributed by atoms with Gasteiger partial charge in [0.1, 0.15) is 0 Å². The molecule has 0 spiro atoms. The molecule has 4 rings (SSSR count). The van der Waals surface area contributed by atoms with Crippen LogP contribution < -0.4 is 0 Å². The Bertz CT molecular complexity index is 1230. The monoisotopic (exact) mass is 394 g/mol. The topological polar surface area (TPSA) is 17.8 Å². The number of nitrogens with zero attached hydrogens (tertiary/aromatic N) is 2. The van der Waals surface area contributed by atoms with Crippen LogP contribution in [0.15, 0.2) is 60.7 Å². The van der Waals surface area contributed by atoms with E-state index in [2.05, 4.69) is 107 Å². The van der Waals surface area contributed by atoms with E-state index >= 15 is 0 Å². The zero-order valence-corrected chi connectivity index (χ0v) is 18.9. The first-order chi connectivity index (χ1) is 14.3. The Hall–Kier alpha value is -3.13. The summed E-state index contributed by atoms with van der Waals surface area (Å²) in [6, 6.07) is 22.0. The molecule has 0 saturated carbocycles. The zero-order chi connectivity index (χ0) is 21.4. The highest BCUT2D eigenvalue weighted by atomic mass is 15.3. The van der Waals surface area contributed by atoms with Gasteiger partial charge in [0.25, 0.3) is 0 Å². The minimum Gasteiger partial charge on any atom is -0.260 e. The summed E-state index contributed by atoms with van der Waals surface area (Å²) in [6.07, 6.45) is 0. The van der Waals surface area contributed by atoms with Gasteiger partial charge in [-0.25, -0.2) is 0 Å². The Morgan fingerprint density at radius 2 is 1.23 bits per heavy atom. The van der Waals surface area contributed by atoms with Gasteiger partial charge >= 0.3 is 0 Å². The molecular weight excluding hydrogens is 364 g/mol. The Balaban J connectivity index is 1.91. The second-order valence-corrected chi connectivity index (χ2v) is 8.50. The van der Waals surface area contributed by atoms with Crippen LogP contribution in [0.5, 0.6) is 0 Å². The average Bonchev–Trinajstić information content (AvgIpc) is 3.04. The van der Waals surface area contributed by atoms with Crippen LogP contribution in [-0.4, -0.2) is 9.78 Å². The zero-order valence-electron chi connectivity index (χ0n) is 18.9. The van der Waals surface area contributed by atoms with Crippen molar-refractivity contribution in [2.45, 2.75) is 48.1 Å². The highest BCUT2D eigenvalue weighted by molar-refractivity contribution is 5.75. The van der Waals surface area contributed by atoms with E-state index in [1.807, 2.05) is 0 Å². The summed E-state index contributed by atoms with van der Waals surface area (Å²) in [5, 5.41) is 5.13. The Morgan fingerprint density at radius 3 is 1.87 bits per heavy atom. The quantitative estimate of drug-likeness (QED) is 0.360. The van der Waals surface area contributed by atoms with Crippen molar-refractivity contribution in [3.8, 4) is 22.5 Å². The van der Waals surface area contributed by atoms with Crippen molar-refractivity contribution < 1.29 is 0 Å². The van der Waals surface area contributed by atoms with Crippen molar-refractivity contribution in [2.75, 3.05) is 0 Å². The summed E-state index contributed by atoms with van der Waals surface area (Å²) >= 11 is 0. The first-order valence-electron chi connectivity index (χ1n) is 10.6. The summed E-state index contributed by atoms with van der Waals surface area (Å²) in [6.45, 7) is 13.8. The van der Waals surface area contributed by atoms with Gasteiger partial charge in [0.05, 0.1) is 17.9 Å². The molecule has 1 aromatic heterocycles. The molecule has 0 fully saturated rings. The first-order valence-corrected chi connectivity index (χ1v) is 10.6. The van der Waals surface area contributed by atoms with Gasteiger partial charge in [-0.15, -0.1) is 0 Å². The molecule has 4 aromatic rings. The third-order valence-corrected chi connectivity index (χ3v) is 6.33. The molecule has 0 aliphatic heterocycles. The molecule has 0 bridgehead atoms. The van der Waals surface area contributed by atoms with Gasteiger partial charge < -0.3 is 0 Å². The fourth-order valence-electron chi connectivity index (χ4n) is 4.03. The van der Waals surface area contributed by atoms with Crippen molar-refractivity contribution in [1.82, 2.24) is 9.78 Å². The Labute approximate surface area is 180 Å². The van der Waals surface area contributed by atoms with Crippen LogP contribution in [-0.2, 0) is 6.54 Å². The highest BCUT2D eigenvalue weighted by Crippen LogP contribution is 2.34. The summed E-state index contributed by atoms with van der Waals surface area (Å²) in [7, 11) is 0. The molecule has 3 aromatic carbocycles. The molecule has 0 aliphatic carbocycles. The van der Waals surface area contributed by atoms with Crippen molar-refractivity contribution in [3.63, 3.8) is 0 Å². The lowest BCUT2D eigenvalue weighted by molar-refractivity contribution is 0.693. The van der Waals surface area contributed by atoms with E-state index in [1.165, 1.54) is 55.8 Å². The van der Waals surface area contributed by atoms with Crippen LogP contribution in [0, 0.1) is 41.5 Å². The van der Waals surface area contributed by atoms with Gasteiger partial charge in [0, 0.05) is 16.7 Å². The Morgan fingerprint density at radius 1 is 0.633 bits per heavy atom. The molecule has 152 valence electrons. The van der Waals surface area contributed by atoms with Gasteiger partial charge in [-0.05, 0) is 87.1 Å². The maximum absolute atomic E-state index is 5.13. The van der Waals surface area contributed by atoms with E-state index in [4.69, 9.17) is 5.10 Å². The molecule has 2 heteroatoms. The predicted octanol–water partition coefficient (Wildman–Crippen LogP) is 7.12. The molecule has 0 atom stereocenters. The molecule has 1 heterocycles. The highest BCUT2D eigenvalue weighted by Gasteiger charge is 2.19. The second-order valence-electron chi connectivity index (χ2n) is 8.50. The van der Waals surface area contributed by atoms with Crippen LogP contribution in [0.3, 0.4) is 0 Å². The number of rotatable bonds is 4. The van der Waals surface area contributed by atoms with E-state index in [0.717, 1.165) is 12.2 Å². The molecule has 0 radical (unpaired) electrons. The number of aromatic nitrogens is 2. The van der Waals surface area contributed by atoms with Gasteiger partial charge in [0.15, 0.2) is 0 Å². The lowest BCUT2D eigenvalue weighted by Crippen LogP contribution is -2.06. The molecule has 0 N–H and O–H groups in total. The smallest absolute Gasteiger partial charge is 0.0959 e. The molecule has 0 aliphatic rings. The maximum Gasteiger partial charge on any atom is 0.0959 e. The van der Waals surface area contributed by atoms with Gasteiger partial charge in [-0.3, -0.25) is 4.68 Å². The number of aryl methyl sites for hydroxylation is 5. The van der Waals surface area contributed by atoms with Crippen molar-refractivity contribution in [2.24, 2.45) is 0 Å². The first kappa shape index (κ1) is 20.2. The summed E-state index contributed by atoms with van der Waals surface area (Å²) in [4.78, 5) is 0. The molecule has 0 unspecified atom stereocenters. The van der Waals surface area contributed by atoms with Crippen LogP contribution in [0.1, 0.15) is 38.9 Å². The standard InChI is InChI=1S/C28H30N2/c1-18-11-13-24(15-21(18)4)27-23(6)28(25-14-12-19(2)22(5)16-25)30(29-27)17-26-10-8-7-9-20(26)3/h7-16H,17H2,1-6H3. The third-order valence-electron chi connectivity index (χ3n) is 6.33. The van der Waals surface area contributed by atoms with Gasteiger partial charge in [-0.1, -0.05) is 48.5 Å². The lowest BCUT2D eigenvalue weighted by atomic mass is 9.98. The maximum atomic E-state index is 5.13. The third kappa shape index (κ3) is 3.70. The lowest BCUT2D eigenvalue weighted by Gasteiger charge is -2.12. The van der Waals surface area contributed by atoms with E-state index in [0.29, 0.717) is 0 Å². The van der Waals surface area contributed by atoms with E-state index < -0.39 is 0 Å². The minimum absolute atomic E-state index is 0.764. The number of benzene rings is 3.